The van der Waals surface area contributed by atoms with Gasteiger partial charge in [-0.3, -0.25) is 0 Å². The summed E-state index contributed by atoms with van der Waals surface area (Å²) in [6.07, 6.45) is 2.59. The molecule has 5 heteroatoms. The van der Waals surface area contributed by atoms with E-state index in [1.807, 2.05) is 4.90 Å². The van der Waals surface area contributed by atoms with Crippen molar-refractivity contribution in [3.8, 4) is 0 Å². The van der Waals surface area contributed by atoms with Crippen molar-refractivity contribution in [2.75, 3.05) is 18.0 Å². The van der Waals surface area contributed by atoms with Gasteiger partial charge in [0.1, 0.15) is 5.82 Å². The second-order valence-electron chi connectivity index (χ2n) is 4.14. The first-order valence-corrected chi connectivity index (χ1v) is 5.60. The number of rotatable bonds is 2. The van der Waals surface area contributed by atoms with E-state index in [-0.39, 0.29) is 10.6 Å². The van der Waals surface area contributed by atoms with E-state index in [0.717, 1.165) is 19.5 Å². The summed E-state index contributed by atoms with van der Waals surface area (Å²) in [6, 6.07) is 1.42. The second kappa shape index (κ2) is 4.29. The van der Waals surface area contributed by atoms with Crippen LogP contribution in [0.15, 0.2) is 12.3 Å². The normalized spacial score (nSPS) is 20.1. The second-order valence-corrected chi connectivity index (χ2v) is 4.52. The Kier molecular flexibility index (Phi) is 3.01. The number of aromatic nitrogens is 1. The summed E-state index contributed by atoms with van der Waals surface area (Å²) in [5.41, 5.74) is 0.117. The molecule has 1 aromatic rings. The molecule has 16 heavy (non-hydrogen) atoms. The topological polar surface area (TPSA) is 53.4 Å². The van der Waals surface area contributed by atoms with Crippen LogP contribution >= 0.6 is 11.6 Å². The van der Waals surface area contributed by atoms with Crippen molar-refractivity contribution in [1.29, 1.82) is 0 Å². The van der Waals surface area contributed by atoms with Crippen molar-refractivity contribution in [3.63, 3.8) is 0 Å². The molecule has 0 spiro atoms. The van der Waals surface area contributed by atoms with Gasteiger partial charge in [-0.1, -0.05) is 18.5 Å². The van der Waals surface area contributed by atoms with Gasteiger partial charge in [0.25, 0.3) is 0 Å². The van der Waals surface area contributed by atoms with Crippen molar-refractivity contribution < 1.29 is 9.90 Å². The van der Waals surface area contributed by atoms with E-state index in [1.165, 1.54) is 12.3 Å². The molecule has 1 aromatic heterocycles. The summed E-state index contributed by atoms with van der Waals surface area (Å²) in [4.78, 5) is 17.1. The van der Waals surface area contributed by atoms with Gasteiger partial charge in [0.05, 0.1) is 10.6 Å². The minimum atomic E-state index is -1.01. The van der Waals surface area contributed by atoms with E-state index in [1.54, 1.807) is 0 Å². The highest BCUT2D eigenvalue weighted by atomic mass is 35.5. The van der Waals surface area contributed by atoms with Crippen LogP contribution in [-0.2, 0) is 0 Å². The minimum Gasteiger partial charge on any atom is -0.478 e. The zero-order valence-electron chi connectivity index (χ0n) is 8.98. The molecule has 2 heterocycles. The average molecular weight is 241 g/mol. The smallest absolute Gasteiger partial charge is 0.337 e. The molecule has 1 saturated heterocycles. The van der Waals surface area contributed by atoms with Crippen LogP contribution in [0.2, 0.25) is 5.02 Å². The summed E-state index contributed by atoms with van der Waals surface area (Å²) in [5, 5.41) is 9.19. The fourth-order valence-electron chi connectivity index (χ4n) is 1.95. The van der Waals surface area contributed by atoms with Crippen LogP contribution < -0.4 is 4.90 Å². The van der Waals surface area contributed by atoms with Gasteiger partial charge in [-0.2, -0.15) is 0 Å². The predicted octanol–water partition coefficient (Wildman–Crippen LogP) is 2.28. The number of hydrogen-bond acceptors (Lipinski definition) is 3. The predicted molar refractivity (Wildman–Crippen MR) is 62.2 cm³/mol. The molecule has 0 aromatic carbocycles. The average Bonchev–Trinajstić information content (AvgIpc) is 2.64. The lowest BCUT2D eigenvalue weighted by Crippen LogP contribution is -2.21. The number of nitrogens with zero attached hydrogens (tertiary/aromatic N) is 2. The summed E-state index contributed by atoms with van der Waals surface area (Å²) in [5.74, 6) is 0.179. The van der Waals surface area contributed by atoms with Gasteiger partial charge in [0, 0.05) is 19.3 Å². The maximum Gasteiger partial charge on any atom is 0.337 e. The molecule has 1 aliphatic heterocycles. The van der Waals surface area contributed by atoms with E-state index in [2.05, 4.69) is 11.9 Å². The summed E-state index contributed by atoms with van der Waals surface area (Å²) < 4.78 is 0. The number of anilines is 1. The van der Waals surface area contributed by atoms with E-state index in [4.69, 9.17) is 16.7 Å². The molecule has 0 bridgehead atoms. The van der Waals surface area contributed by atoms with Crippen molar-refractivity contribution in [2.24, 2.45) is 5.92 Å². The number of carbonyl (C=O) groups is 1. The molecule has 1 aliphatic rings. The van der Waals surface area contributed by atoms with Crippen molar-refractivity contribution >= 4 is 23.4 Å². The number of carboxylic acid groups (broad SMARTS) is 1. The molecule has 0 radical (unpaired) electrons. The molecule has 0 amide bonds. The van der Waals surface area contributed by atoms with Crippen LogP contribution in [-0.4, -0.2) is 29.1 Å². The monoisotopic (exact) mass is 240 g/mol. The molecular formula is C11H13ClN2O2. The standard InChI is InChI=1S/C11H13ClN2O2/c1-7-3-5-14(6-7)10-9(12)8(11(15)16)2-4-13-10/h2,4,7H,3,5-6H2,1H3,(H,15,16). The number of halogens is 1. The summed E-state index contributed by atoms with van der Waals surface area (Å²) in [7, 11) is 0. The Morgan fingerprint density at radius 2 is 2.44 bits per heavy atom. The Bertz CT molecular complexity index is 422. The molecule has 2 rings (SSSR count). The molecule has 0 saturated carbocycles. The zero-order chi connectivity index (χ0) is 11.7. The van der Waals surface area contributed by atoms with Crippen molar-refractivity contribution in [2.45, 2.75) is 13.3 Å². The highest BCUT2D eigenvalue weighted by molar-refractivity contribution is 6.35. The molecular weight excluding hydrogens is 228 g/mol. The maximum absolute atomic E-state index is 10.9. The van der Waals surface area contributed by atoms with Crippen LogP contribution in [0.25, 0.3) is 0 Å². The summed E-state index contributed by atoms with van der Waals surface area (Å²) in [6.45, 7) is 3.93. The van der Waals surface area contributed by atoms with Crippen molar-refractivity contribution in [3.05, 3.63) is 22.8 Å². The van der Waals surface area contributed by atoms with Gasteiger partial charge in [-0.05, 0) is 18.4 Å². The lowest BCUT2D eigenvalue weighted by molar-refractivity contribution is 0.0697. The molecule has 86 valence electrons. The maximum atomic E-state index is 10.9. The molecule has 1 N–H and O–H groups in total. The number of carboxylic acids is 1. The first kappa shape index (κ1) is 11.2. The van der Waals surface area contributed by atoms with Crippen LogP contribution in [0, 0.1) is 5.92 Å². The van der Waals surface area contributed by atoms with Gasteiger partial charge in [0.15, 0.2) is 0 Å². The first-order chi connectivity index (χ1) is 7.59. The minimum absolute atomic E-state index is 0.117. The number of aromatic carboxylic acids is 1. The van der Waals surface area contributed by atoms with Gasteiger partial charge in [-0.15, -0.1) is 0 Å². The fourth-order valence-corrected chi connectivity index (χ4v) is 2.26. The van der Waals surface area contributed by atoms with Gasteiger partial charge >= 0.3 is 5.97 Å². The zero-order valence-corrected chi connectivity index (χ0v) is 9.74. The Morgan fingerprint density at radius 3 is 3.00 bits per heavy atom. The number of hydrogen-bond donors (Lipinski definition) is 1. The summed E-state index contributed by atoms with van der Waals surface area (Å²) >= 11 is 6.05. The van der Waals surface area contributed by atoms with Crippen LogP contribution in [0.3, 0.4) is 0 Å². The molecule has 0 aliphatic carbocycles. The Labute approximate surface area is 98.9 Å². The van der Waals surface area contributed by atoms with E-state index >= 15 is 0 Å². The van der Waals surface area contributed by atoms with E-state index in [9.17, 15) is 4.79 Å². The SMILES string of the molecule is CC1CCN(c2nccc(C(=O)O)c2Cl)C1. The van der Waals surface area contributed by atoms with Gasteiger partial charge < -0.3 is 10.0 Å². The highest BCUT2D eigenvalue weighted by Gasteiger charge is 2.24. The molecule has 1 atom stereocenters. The van der Waals surface area contributed by atoms with E-state index in [0.29, 0.717) is 11.7 Å². The third-order valence-corrected chi connectivity index (χ3v) is 3.20. The quantitative estimate of drug-likeness (QED) is 0.862. The Balaban J connectivity index is 2.34. The first-order valence-electron chi connectivity index (χ1n) is 5.22. The molecule has 4 nitrogen and oxygen atoms in total. The van der Waals surface area contributed by atoms with Crippen molar-refractivity contribution in [1.82, 2.24) is 4.98 Å². The lowest BCUT2D eigenvalue weighted by atomic mass is 10.2. The number of pyridine rings is 1. The largest absolute Gasteiger partial charge is 0.478 e. The van der Waals surface area contributed by atoms with Crippen LogP contribution in [0.4, 0.5) is 5.82 Å². The lowest BCUT2D eigenvalue weighted by Gasteiger charge is -2.18. The van der Waals surface area contributed by atoms with Crippen LogP contribution in [0.5, 0.6) is 0 Å². The third-order valence-electron chi connectivity index (χ3n) is 2.82. The van der Waals surface area contributed by atoms with Gasteiger partial charge in [-0.25, -0.2) is 9.78 Å². The van der Waals surface area contributed by atoms with E-state index < -0.39 is 5.97 Å². The third kappa shape index (κ3) is 1.97. The Morgan fingerprint density at radius 1 is 1.69 bits per heavy atom. The van der Waals surface area contributed by atoms with Gasteiger partial charge in [0.2, 0.25) is 0 Å². The van der Waals surface area contributed by atoms with Crippen LogP contribution in [0.1, 0.15) is 23.7 Å². The molecule has 1 unspecified atom stereocenters. The Hall–Kier alpha value is -1.29. The fraction of sp³-hybridized carbons (Fsp3) is 0.455. The molecule has 1 fully saturated rings. The highest BCUT2D eigenvalue weighted by Crippen LogP contribution is 2.30.